The molecule has 0 saturated heterocycles. The van der Waals surface area contributed by atoms with Crippen LogP contribution in [0.25, 0.3) is 0 Å². The number of amides is 1. The Labute approximate surface area is 166 Å². The fourth-order valence-electron chi connectivity index (χ4n) is 2.77. The van der Waals surface area contributed by atoms with Gasteiger partial charge in [-0.1, -0.05) is 41.9 Å². The number of halogens is 1. The van der Waals surface area contributed by atoms with Crippen molar-refractivity contribution in [3.63, 3.8) is 0 Å². The quantitative estimate of drug-likeness (QED) is 0.703. The molecule has 3 N–H and O–H groups in total. The van der Waals surface area contributed by atoms with Crippen LogP contribution >= 0.6 is 11.6 Å². The van der Waals surface area contributed by atoms with Crippen LogP contribution < -0.4 is 15.8 Å². The van der Waals surface area contributed by atoms with Crippen LogP contribution in [0.1, 0.15) is 36.7 Å². The number of carbonyl (C=O) groups excluding carboxylic acids is 1. The van der Waals surface area contributed by atoms with Crippen LogP contribution in [0.2, 0.25) is 5.02 Å². The van der Waals surface area contributed by atoms with Gasteiger partial charge in [0.25, 0.3) is 5.91 Å². The van der Waals surface area contributed by atoms with Gasteiger partial charge in [0.1, 0.15) is 5.75 Å². The molecule has 0 aliphatic heterocycles. The predicted octanol–water partition coefficient (Wildman–Crippen LogP) is 3.96. The van der Waals surface area contributed by atoms with E-state index in [1.54, 1.807) is 6.07 Å². The lowest BCUT2D eigenvalue weighted by Crippen LogP contribution is -2.45. The smallest absolute Gasteiger partial charge is 0.255 e. The van der Waals surface area contributed by atoms with Crippen molar-refractivity contribution in [2.45, 2.75) is 32.9 Å². The molecule has 5 nitrogen and oxygen atoms in total. The number of nitrogens with zero attached hydrogens (tertiary/aromatic N) is 1. The van der Waals surface area contributed by atoms with Gasteiger partial charge in [-0.05, 0) is 32.4 Å². The van der Waals surface area contributed by atoms with Crippen molar-refractivity contribution < 1.29 is 9.53 Å². The van der Waals surface area contributed by atoms with E-state index in [4.69, 9.17) is 22.1 Å². The van der Waals surface area contributed by atoms with Gasteiger partial charge < -0.3 is 15.8 Å². The lowest BCUT2D eigenvalue weighted by Gasteiger charge is -2.35. The number of carbonyl (C=O) groups is 1. The highest BCUT2D eigenvalue weighted by Gasteiger charge is 2.22. The molecule has 0 aliphatic carbocycles. The molecular formula is C21H28ClN3O2. The molecule has 1 amide bonds. The zero-order valence-corrected chi connectivity index (χ0v) is 17.1. The third-order valence-corrected chi connectivity index (χ3v) is 4.72. The molecule has 2 aromatic carbocycles. The molecule has 146 valence electrons. The fourth-order valence-corrected chi connectivity index (χ4v) is 2.93. The minimum Gasteiger partial charge on any atom is -0.496 e. The summed E-state index contributed by atoms with van der Waals surface area (Å²) in [6.45, 7) is 8.54. The second-order valence-corrected chi connectivity index (χ2v) is 7.82. The van der Waals surface area contributed by atoms with Gasteiger partial charge in [0.15, 0.2) is 0 Å². The second-order valence-electron chi connectivity index (χ2n) is 7.41. The molecule has 2 rings (SSSR count). The van der Waals surface area contributed by atoms with E-state index in [1.165, 1.54) is 18.7 Å². The van der Waals surface area contributed by atoms with Crippen molar-refractivity contribution in [1.82, 2.24) is 10.2 Å². The zero-order chi connectivity index (χ0) is 20.0. The van der Waals surface area contributed by atoms with E-state index < -0.39 is 0 Å². The summed E-state index contributed by atoms with van der Waals surface area (Å²) in [5.74, 6) is 0.175. The van der Waals surface area contributed by atoms with Gasteiger partial charge in [-0.3, -0.25) is 9.69 Å². The Morgan fingerprint density at radius 1 is 1.22 bits per heavy atom. The molecule has 0 heterocycles. The third kappa shape index (κ3) is 5.88. The average molecular weight is 390 g/mol. The van der Waals surface area contributed by atoms with E-state index in [-0.39, 0.29) is 11.4 Å². The number of rotatable bonds is 7. The molecule has 2 aromatic rings. The van der Waals surface area contributed by atoms with Crippen molar-refractivity contribution in [3.8, 4) is 5.75 Å². The first-order valence-electron chi connectivity index (χ1n) is 8.92. The van der Waals surface area contributed by atoms with Gasteiger partial charge in [-0.2, -0.15) is 0 Å². The Morgan fingerprint density at radius 3 is 2.48 bits per heavy atom. The maximum atomic E-state index is 12.6. The summed E-state index contributed by atoms with van der Waals surface area (Å²) in [7, 11) is 1.50. The Balaban J connectivity index is 2.02. The Kier molecular flexibility index (Phi) is 7.11. The van der Waals surface area contributed by atoms with Gasteiger partial charge in [-0.15, -0.1) is 0 Å². The van der Waals surface area contributed by atoms with E-state index in [1.807, 2.05) is 18.2 Å². The normalized spacial score (nSPS) is 11.5. The molecule has 0 fully saturated rings. The minimum absolute atomic E-state index is 0.0250. The van der Waals surface area contributed by atoms with Crippen molar-refractivity contribution >= 4 is 23.2 Å². The van der Waals surface area contributed by atoms with Gasteiger partial charge in [0.2, 0.25) is 0 Å². The standard InChI is InChI=1S/C21H28ClN3O2/c1-21(2,3)25(14-15-8-6-5-7-9-15)11-10-24-20(26)16-12-17(22)18(23)13-19(16)27-4/h5-9,12-13H,10-11,14,23H2,1-4H3,(H,24,26). The molecule has 0 atom stereocenters. The Hall–Kier alpha value is -2.24. The van der Waals surface area contributed by atoms with Gasteiger partial charge >= 0.3 is 0 Å². The molecule has 0 radical (unpaired) electrons. The van der Waals surface area contributed by atoms with E-state index >= 15 is 0 Å². The molecular weight excluding hydrogens is 362 g/mol. The number of ether oxygens (including phenoxy) is 1. The first kappa shape index (κ1) is 21.1. The highest BCUT2D eigenvalue weighted by Crippen LogP contribution is 2.28. The summed E-state index contributed by atoms with van der Waals surface area (Å²) in [5.41, 5.74) is 7.75. The molecule has 0 aliphatic rings. The molecule has 0 bridgehead atoms. The van der Waals surface area contributed by atoms with Crippen molar-refractivity contribution in [2.75, 3.05) is 25.9 Å². The van der Waals surface area contributed by atoms with Crippen LogP contribution in [-0.2, 0) is 6.54 Å². The largest absolute Gasteiger partial charge is 0.496 e. The summed E-state index contributed by atoms with van der Waals surface area (Å²) in [5, 5.41) is 3.28. The van der Waals surface area contributed by atoms with Gasteiger partial charge in [-0.25, -0.2) is 0 Å². The maximum Gasteiger partial charge on any atom is 0.255 e. The number of nitrogens with one attached hydrogen (secondary N) is 1. The molecule has 0 spiro atoms. The van der Waals surface area contributed by atoms with Crippen molar-refractivity contribution in [3.05, 3.63) is 58.6 Å². The summed E-state index contributed by atoms with van der Waals surface area (Å²) >= 11 is 6.05. The first-order chi connectivity index (χ1) is 12.7. The summed E-state index contributed by atoms with van der Waals surface area (Å²) in [6, 6.07) is 13.4. The summed E-state index contributed by atoms with van der Waals surface area (Å²) in [6.07, 6.45) is 0. The van der Waals surface area contributed by atoms with Crippen LogP contribution in [0.15, 0.2) is 42.5 Å². The summed E-state index contributed by atoms with van der Waals surface area (Å²) in [4.78, 5) is 14.9. The maximum absolute atomic E-state index is 12.6. The fraction of sp³-hybridized carbons (Fsp3) is 0.381. The number of hydrogen-bond acceptors (Lipinski definition) is 4. The number of nitrogen functional groups attached to an aromatic ring is 1. The molecule has 6 heteroatoms. The molecule has 0 aromatic heterocycles. The minimum atomic E-state index is -0.234. The zero-order valence-electron chi connectivity index (χ0n) is 16.4. The predicted molar refractivity (Wildman–Crippen MR) is 111 cm³/mol. The van der Waals surface area contributed by atoms with Crippen LogP contribution in [0, 0.1) is 0 Å². The van der Waals surface area contributed by atoms with E-state index in [2.05, 4.69) is 43.1 Å². The Morgan fingerprint density at radius 2 is 1.89 bits per heavy atom. The average Bonchev–Trinajstić information content (AvgIpc) is 2.62. The van der Waals surface area contributed by atoms with Crippen LogP contribution in [0.3, 0.4) is 0 Å². The number of anilines is 1. The first-order valence-corrected chi connectivity index (χ1v) is 9.30. The highest BCUT2D eigenvalue weighted by atomic mass is 35.5. The molecule has 0 saturated carbocycles. The second kappa shape index (κ2) is 9.11. The highest BCUT2D eigenvalue weighted by molar-refractivity contribution is 6.33. The van der Waals surface area contributed by atoms with Crippen LogP contribution in [-0.4, -0.2) is 36.5 Å². The van der Waals surface area contributed by atoms with Crippen molar-refractivity contribution in [1.29, 1.82) is 0 Å². The van der Waals surface area contributed by atoms with Crippen LogP contribution in [0.4, 0.5) is 5.69 Å². The van der Waals surface area contributed by atoms with E-state index in [0.29, 0.717) is 28.6 Å². The number of benzene rings is 2. The third-order valence-electron chi connectivity index (χ3n) is 4.40. The molecule has 0 unspecified atom stereocenters. The number of nitrogens with two attached hydrogens (primary N) is 1. The monoisotopic (exact) mass is 389 g/mol. The van der Waals surface area contributed by atoms with E-state index in [9.17, 15) is 4.79 Å². The van der Waals surface area contributed by atoms with Crippen LogP contribution in [0.5, 0.6) is 5.75 Å². The SMILES string of the molecule is COc1cc(N)c(Cl)cc1C(=O)NCCN(Cc1ccccc1)C(C)(C)C. The summed E-state index contributed by atoms with van der Waals surface area (Å²) < 4.78 is 5.25. The Bertz CT molecular complexity index is 773. The van der Waals surface area contributed by atoms with Crippen molar-refractivity contribution in [2.24, 2.45) is 0 Å². The number of methoxy groups -OCH3 is 1. The number of hydrogen-bond donors (Lipinski definition) is 2. The lowest BCUT2D eigenvalue weighted by atomic mass is 10.0. The van der Waals surface area contributed by atoms with Gasteiger partial charge in [0, 0.05) is 31.2 Å². The molecule has 27 heavy (non-hydrogen) atoms. The lowest BCUT2D eigenvalue weighted by molar-refractivity contribution is 0.0919. The van der Waals surface area contributed by atoms with Gasteiger partial charge in [0.05, 0.1) is 23.4 Å². The van der Waals surface area contributed by atoms with E-state index in [0.717, 1.165) is 13.1 Å². The topological polar surface area (TPSA) is 67.6 Å².